The summed E-state index contributed by atoms with van der Waals surface area (Å²) >= 11 is 3.43. The van der Waals surface area contributed by atoms with Crippen molar-refractivity contribution in [3.05, 3.63) is 59.7 Å². The molecule has 2 heterocycles. The Hall–Kier alpha value is -2.42. The Bertz CT molecular complexity index is 994. The van der Waals surface area contributed by atoms with E-state index in [1.165, 1.54) is 10.3 Å². The molecule has 1 fully saturated rings. The molecule has 1 aliphatic heterocycles. The Morgan fingerprint density at radius 3 is 2.50 bits per heavy atom. The van der Waals surface area contributed by atoms with Crippen molar-refractivity contribution in [3.8, 4) is 0 Å². The number of thioether (sulfide) groups is 1. The second-order valence-corrected chi connectivity index (χ2v) is 9.43. The van der Waals surface area contributed by atoms with Gasteiger partial charge in [-0.25, -0.2) is 4.98 Å². The number of para-hydroxylation sites is 1. The van der Waals surface area contributed by atoms with Crippen LogP contribution in [0.4, 0.5) is 0 Å². The van der Waals surface area contributed by atoms with Crippen molar-refractivity contribution in [2.24, 2.45) is 0 Å². The predicted octanol–water partition coefficient (Wildman–Crippen LogP) is 3.09. The molecular weight excluding hydrogens is 416 g/mol. The summed E-state index contributed by atoms with van der Waals surface area (Å²) in [5.74, 6) is 0.890. The Labute approximate surface area is 184 Å². The number of carbonyl (C=O) groups excluding carboxylic acids is 2. The molecule has 4 rings (SSSR count). The number of benzene rings is 2. The zero-order chi connectivity index (χ0) is 20.9. The van der Waals surface area contributed by atoms with E-state index < -0.39 is 0 Å². The van der Waals surface area contributed by atoms with Gasteiger partial charge in [-0.1, -0.05) is 36.0 Å². The molecule has 1 aliphatic rings. The molecule has 8 heteroatoms. The summed E-state index contributed by atoms with van der Waals surface area (Å²) in [6.07, 6.45) is 0. The van der Waals surface area contributed by atoms with Crippen molar-refractivity contribution in [1.82, 2.24) is 20.1 Å². The molecule has 0 unspecified atom stereocenters. The van der Waals surface area contributed by atoms with Crippen molar-refractivity contribution in [3.63, 3.8) is 0 Å². The topological polar surface area (TPSA) is 65.5 Å². The second-order valence-electron chi connectivity index (χ2n) is 7.17. The number of aromatic nitrogens is 1. The molecule has 1 N–H and O–H groups in total. The third kappa shape index (κ3) is 5.00. The average Bonchev–Trinajstić information content (AvgIpc) is 3.21. The number of nitrogens with zero attached hydrogens (tertiary/aromatic N) is 3. The SMILES string of the molecule is CNC(=O)CN1CCN(C(=O)c2ccc(CSc3nc4ccccc4s3)cc2)CC1. The third-order valence-corrected chi connectivity index (χ3v) is 7.39. The van der Waals surface area contributed by atoms with Crippen molar-refractivity contribution in [1.29, 1.82) is 0 Å². The number of likely N-dealkylation sites (N-methyl/N-ethyl adjacent to an activating group) is 1. The van der Waals surface area contributed by atoms with Crippen molar-refractivity contribution < 1.29 is 9.59 Å². The molecule has 2 aromatic carbocycles. The number of hydrogen-bond acceptors (Lipinski definition) is 6. The molecule has 3 aromatic rings. The lowest BCUT2D eigenvalue weighted by Gasteiger charge is -2.34. The van der Waals surface area contributed by atoms with Gasteiger partial charge in [-0.2, -0.15) is 0 Å². The highest BCUT2D eigenvalue weighted by Crippen LogP contribution is 2.31. The number of piperazine rings is 1. The van der Waals surface area contributed by atoms with Crippen LogP contribution in [-0.4, -0.2) is 66.4 Å². The molecule has 6 nitrogen and oxygen atoms in total. The summed E-state index contributed by atoms with van der Waals surface area (Å²) in [5.41, 5.74) is 2.93. The van der Waals surface area contributed by atoms with Gasteiger partial charge in [0.15, 0.2) is 4.34 Å². The first-order valence-electron chi connectivity index (χ1n) is 9.92. The Morgan fingerprint density at radius 2 is 1.80 bits per heavy atom. The van der Waals surface area contributed by atoms with Crippen LogP contribution >= 0.6 is 23.1 Å². The second kappa shape index (κ2) is 9.59. The highest BCUT2D eigenvalue weighted by Gasteiger charge is 2.23. The lowest BCUT2D eigenvalue weighted by molar-refractivity contribution is -0.122. The lowest BCUT2D eigenvalue weighted by atomic mass is 10.1. The molecule has 0 saturated carbocycles. The van der Waals surface area contributed by atoms with E-state index >= 15 is 0 Å². The van der Waals surface area contributed by atoms with E-state index in [0.717, 1.165) is 28.7 Å². The monoisotopic (exact) mass is 440 g/mol. The fourth-order valence-electron chi connectivity index (χ4n) is 3.38. The average molecular weight is 441 g/mol. The van der Waals surface area contributed by atoms with Crippen LogP contribution in [0.3, 0.4) is 0 Å². The summed E-state index contributed by atoms with van der Waals surface area (Å²) in [5, 5.41) is 2.64. The number of hydrogen-bond donors (Lipinski definition) is 1. The van der Waals surface area contributed by atoms with Crippen molar-refractivity contribution >= 4 is 45.1 Å². The van der Waals surface area contributed by atoms with Gasteiger partial charge in [-0.15, -0.1) is 11.3 Å². The third-order valence-electron chi connectivity index (χ3n) is 5.14. The van der Waals surface area contributed by atoms with Crippen molar-refractivity contribution in [2.45, 2.75) is 10.1 Å². The van der Waals surface area contributed by atoms with Gasteiger partial charge in [-0.05, 0) is 29.8 Å². The van der Waals surface area contributed by atoms with Gasteiger partial charge in [0.2, 0.25) is 5.91 Å². The van der Waals surface area contributed by atoms with E-state index in [1.807, 2.05) is 47.4 Å². The highest BCUT2D eigenvalue weighted by molar-refractivity contribution is 8.00. The quantitative estimate of drug-likeness (QED) is 0.597. The van der Waals surface area contributed by atoms with Crippen LogP contribution in [0.15, 0.2) is 52.9 Å². The first-order valence-corrected chi connectivity index (χ1v) is 11.7. The number of rotatable bonds is 6. The molecule has 2 amide bonds. The molecule has 0 atom stereocenters. The zero-order valence-electron chi connectivity index (χ0n) is 16.8. The predicted molar refractivity (Wildman–Crippen MR) is 122 cm³/mol. The molecule has 30 heavy (non-hydrogen) atoms. The van der Waals surface area contributed by atoms with Crippen LogP contribution in [0.5, 0.6) is 0 Å². The van der Waals surface area contributed by atoms with Crippen LogP contribution in [0.25, 0.3) is 10.2 Å². The summed E-state index contributed by atoms with van der Waals surface area (Å²) in [6, 6.07) is 16.0. The fourth-order valence-corrected chi connectivity index (χ4v) is 5.40. The number of fused-ring (bicyclic) bond motifs is 1. The Balaban J connectivity index is 1.30. The number of thiazole rings is 1. The lowest BCUT2D eigenvalue weighted by Crippen LogP contribution is -2.50. The molecular formula is C22H24N4O2S2. The molecule has 0 radical (unpaired) electrons. The van der Waals surface area contributed by atoms with Crippen LogP contribution in [0.2, 0.25) is 0 Å². The normalized spacial score (nSPS) is 14.8. The van der Waals surface area contributed by atoms with Gasteiger partial charge in [0, 0.05) is 44.5 Å². The summed E-state index contributed by atoms with van der Waals surface area (Å²) in [6.45, 7) is 3.11. The van der Waals surface area contributed by atoms with Crippen LogP contribution in [-0.2, 0) is 10.5 Å². The van der Waals surface area contributed by atoms with Crippen LogP contribution in [0.1, 0.15) is 15.9 Å². The van der Waals surface area contributed by atoms with Gasteiger partial charge < -0.3 is 10.2 Å². The fraction of sp³-hybridized carbons (Fsp3) is 0.318. The minimum absolute atomic E-state index is 0.00841. The first-order chi connectivity index (χ1) is 14.6. The van der Waals surface area contributed by atoms with E-state index in [4.69, 9.17) is 0 Å². The van der Waals surface area contributed by atoms with Gasteiger partial charge in [0.25, 0.3) is 5.91 Å². The maximum atomic E-state index is 12.8. The van der Waals surface area contributed by atoms with Gasteiger partial charge in [-0.3, -0.25) is 14.5 Å². The zero-order valence-corrected chi connectivity index (χ0v) is 18.5. The minimum atomic E-state index is 0.00841. The number of amides is 2. The van der Waals surface area contributed by atoms with E-state index in [2.05, 4.69) is 21.3 Å². The van der Waals surface area contributed by atoms with E-state index in [9.17, 15) is 9.59 Å². The molecule has 0 bridgehead atoms. The van der Waals surface area contributed by atoms with Crippen LogP contribution < -0.4 is 5.32 Å². The van der Waals surface area contributed by atoms with Crippen LogP contribution in [0, 0.1) is 0 Å². The maximum Gasteiger partial charge on any atom is 0.253 e. The molecule has 1 aromatic heterocycles. The Morgan fingerprint density at radius 1 is 1.07 bits per heavy atom. The largest absolute Gasteiger partial charge is 0.358 e. The molecule has 1 saturated heterocycles. The van der Waals surface area contributed by atoms with Gasteiger partial charge >= 0.3 is 0 Å². The minimum Gasteiger partial charge on any atom is -0.358 e. The maximum absolute atomic E-state index is 12.8. The molecule has 156 valence electrons. The summed E-state index contributed by atoms with van der Waals surface area (Å²) in [4.78, 5) is 32.9. The molecule has 0 spiro atoms. The number of nitrogens with one attached hydrogen (secondary N) is 1. The van der Waals surface area contributed by atoms with E-state index in [1.54, 1.807) is 30.1 Å². The Kier molecular flexibility index (Phi) is 6.66. The number of carbonyl (C=O) groups is 2. The van der Waals surface area contributed by atoms with Gasteiger partial charge in [0.1, 0.15) is 0 Å². The molecule has 0 aliphatic carbocycles. The smallest absolute Gasteiger partial charge is 0.253 e. The van der Waals surface area contributed by atoms with E-state index in [-0.39, 0.29) is 11.8 Å². The summed E-state index contributed by atoms with van der Waals surface area (Å²) in [7, 11) is 1.64. The van der Waals surface area contributed by atoms with Crippen molar-refractivity contribution in [2.75, 3.05) is 39.8 Å². The standard InChI is InChI=1S/C22H24N4O2S2/c1-23-20(27)14-25-10-12-26(13-11-25)21(28)17-8-6-16(7-9-17)15-29-22-24-18-4-2-3-5-19(18)30-22/h2-9H,10-15H2,1H3,(H,23,27). The summed E-state index contributed by atoms with van der Waals surface area (Å²) < 4.78 is 2.27. The first kappa shape index (κ1) is 20.8. The van der Waals surface area contributed by atoms with E-state index in [0.29, 0.717) is 25.2 Å². The van der Waals surface area contributed by atoms with Gasteiger partial charge in [0.05, 0.1) is 16.8 Å². The highest BCUT2D eigenvalue weighted by atomic mass is 32.2.